The molecule has 5 aromatic heterocycles. The number of nitriles is 1. The van der Waals surface area contributed by atoms with Crippen molar-refractivity contribution in [2.45, 2.75) is 50.5 Å². The van der Waals surface area contributed by atoms with E-state index in [-0.39, 0.29) is 35.6 Å². The summed E-state index contributed by atoms with van der Waals surface area (Å²) in [4.78, 5) is 53.4. The van der Waals surface area contributed by atoms with Gasteiger partial charge in [0.25, 0.3) is 0 Å². The molecule has 0 bridgehead atoms. The zero-order valence-electron chi connectivity index (χ0n) is 31.3. The number of amides is 3. The van der Waals surface area contributed by atoms with Crippen LogP contribution in [0.15, 0.2) is 55.0 Å². The lowest BCUT2D eigenvalue weighted by Gasteiger charge is -2.38. The van der Waals surface area contributed by atoms with E-state index >= 15 is 0 Å². The monoisotopic (exact) mass is 786 g/mol. The number of hydrogen-bond acceptors (Lipinski definition) is 14. The summed E-state index contributed by atoms with van der Waals surface area (Å²) in [7, 11) is 0. The van der Waals surface area contributed by atoms with Gasteiger partial charge in [-0.1, -0.05) is 17.4 Å². The Morgan fingerprint density at radius 3 is 2.47 bits per heavy atom. The summed E-state index contributed by atoms with van der Waals surface area (Å²) in [5.74, 6) is 0.169. The molecule has 4 aliphatic rings. The molecule has 9 rings (SSSR count). The van der Waals surface area contributed by atoms with Gasteiger partial charge in [0.2, 0.25) is 22.9 Å². The van der Waals surface area contributed by atoms with Gasteiger partial charge in [0.1, 0.15) is 11.9 Å². The average Bonchev–Trinajstić information content (AvgIpc) is 3.92. The quantitative estimate of drug-likeness (QED) is 0.216. The summed E-state index contributed by atoms with van der Waals surface area (Å²) < 4.78 is 7.41. The van der Waals surface area contributed by atoms with Crippen LogP contribution in [0.2, 0.25) is 0 Å². The molecule has 1 atom stereocenters. The van der Waals surface area contributed by atoms with Crippen molar-refractivity contribution < 1.29 is 19.1 Å². The van der Waals surface area contributed by atoms with E-state index in [1.54, 1.807) is 16.9 Å². The van der Waals surface area contributed by atoms with E-state index in [0.717, 1.165) is 88.4 Å². The number of fused-ring (bicyclic) bond motifs is 1. The van der Waals surface area contributed by atoms with Crippen LogP contribution >= 0.6 is 11.3 Å². The van der Waals surface area contributed by atoms with Gasteiger partial charge in [-0.15, -0.1) is 10.2 Å². The number of hydrogen-bond donors (Lipinski definition) is 2. The van der Waals surface area contributed by atoms with Gasteiger partial charge in [0.05, 0.1) is 40.1 Å². The Balaban J connectivity index is 0.825. The molecule has 4 saturated heterocycles. The molecule has 0 spiro atoms. The first-order chi connectivity index (χ1) is 27.9. The number of pyridine rings is 2. The SMILES string of the molecule is N#Cc1cnn2c(-c3cc(NC4CCOCC4)c(-c4nnc(N5CCN(C(=O)C6CCN(c7ccc([C@H]8CCC(=O)NC8=O)cn7)CC6)CC5)s4)cn3)ccc2c1. The third-order valence-corrected chi connectivity index (χ3v) is 12.5. The third-order valence-electron chi connectivity index (χ3n) is 11.5. The van der Waals surface area contributed by atoms with E-state index in [0.29, 0.717) is 57.8 Å². The van der Waals surface area contributed by atoms with Crippen LogP contribution in [0.4, 0.5) is 16.6 Å². The van der Waals surface area contributed by atoms with Crippen molar-refractivity contribution in [3.05, 3.63) is 66.1 Å². The molecular weight excluding hydrogens is 745 g/mol. The van der Waals surface area contributed by atoms with Gasteiger partial charge in [0.15, 0.2) is 5.01 Å². The molecule has 0 unspecified atom stereocenters. The number of nitrogens with zero attached hydrogens (tertiary/aromatic N) is 10. The highest BCUT2D eigenvalue weighted by Crippen LogP contribution is 2.37. The number of nitrogens with one attached hydrogen (secondary N) is 2. The first kappa shape index (κ1) is 36.6. The van der Waals surface area contributed by atoms with E-state index in [1.807, 2.05) is 47.5 Å². The Labute approximate surface area is 332 Å². The molecule has 0 aromatic carbocycles. The minimum absolute atomic E-state index is 0.0311. The Morgan fingerprint density at radius 2 is 1.72 bits per heavy atom. The summed E-state index contributed by atoms with van der Waals surface area (Å²) in [5, 5.41) is 30.8. The number of carbonyl (C=O) groups is 3. The number of anilines is 3. The number of ether oxygens (including phenoxy) is 1. The fourth-order valence-electron chi connectivity index (χ4n) is 8.19. The molecule has 17 heteroatoms. The van der Waals surface area contributed by atoms with Crippen LogP contribution in [-0.4, -0.2) is 111 Å². The highest BCUT2D eigenvalue weighted by Gasteiger charge is 2.33. The predicted molar refractivity (Wildman–Crippen MR) is 213 cm³/mol. The van der Waals surface area contributed by atoms with Crippen LogP contribution < -0.4 is 20.4 Å². The lowest BCUT2D eigenvalue weighted by molar-refractivity contribution is -0.136. The van der Waals surface area contributed by atoms with Crippen molar-refractivity contribution in [3.63, 3.8) is 0 Å². The van der Waals surface area contributed by atoms with Gasteiger partial charge in [-0.3, -0.25) is 24.7 Å². The number of piperidine rings is 2. The Morgan fingerprint density at radius 1 is 0.895 bits per heavy atom. The largest absolute Gasteiger partial charge is 0.381 e. The van der Waals surface area contributed by atoms with Crippen LogP contribution in [-0.2, 0) is 19.1 Å². The number of imide groups is 1. The van der Waals surface area contributed by atoms with E-state index in [9.17, 15) is 19.6 Å². The van der Waals surface area contributed by atoms with Crippen LogP contribution in [0.25, 0.3) is 27.5 Å². The Hall–Kier alpha value is -5.99. The summed E-state index contributed by atoms with van der Waals surface area (Å²) in [6.45, 7) is 5.48. The summed E-state index contributed by atoms with van der Waals surface area (Å²) in [6.07, 6.45) is 9.28. The first-order valence-electron chi connectivity index (χ1n) is 19.5. The van der Waals surface area contributed by atoms with E-state index in [4.69, 9.17) is 9.72 Å². The highest BCUT2D eigenvalue weighted by molar-refractivity contribution is 7.18. The second kappa shape index (κ2) is 15.9. The molecule has 3 amide bonds. The van der Waals surface area contributed by atoms with E-state index in [2.05, 4.69) is 46.8 Å². The lowest BCUT2D eigenvalue weighted by atomic mass is 9.91. The molecular formula is C40H42N12O4S. The topological polar surface area (TPSA) is 187 Å². The Kier molecular flexibility index (Phi) is 10.2. The second-order valence-electron chi connectivity index (χ2n) is 15.0. The minimum Gasteiger partial charge on any atom is -0.381 e. The molecule has 5 aromatic rings. The van der Waals surface area contributed by atoms with Gasteiger partial charge in [0, 0.05) is 88.9 Å². The normalized spacial score (nSPS) is 19.8. The van der Waals surface area contributed by atoms with Crippen molar-refractivity contribution in [3.8, 4) is 28.0 Å². The van der Waals surface area contributed by atoms with Crippen LogP contribution in [0.3, 0.4) is 0 Å². The molecule has 16 nitrogen and oxygen atoms in total. The molecule has 9 heterocycles. The van der Waals surface area contributed by atoms with Gasteiger partial charge >= 0.3 is 0 Å². The second-order valence-corrected chi connectivity index (χ2v) is 15.9. The maximum absolute atomic E-state index is 13.7. The Bertz CT molecular complexity index is 2330. The smallest absolute Gasteiger partial charge is 0.234 e. The standard InChI is InChI=1S/C40H42N12O4S/c41-21-25-19-29-2-4-34(52(29)44-22-25)33-20-32(45-28-9-17-56-18-10-28)31(24-42-33)38-47-48-40(57-38)51-15-13-50(14-16-51)39(55)26-7-11-49(12-8-26)35-5-1-27(23-43-35)30-3-6-36(53)46-37(30)54/h1-2,4-5,19-20,22-24,26,28,30H,3,6-18H2,(H,42,45)(H,46,53,54)/t30-/m1/s1. The van der Waals surface area contributed by atoms with Gasteiger partial charge in [-0.2, -0.15) is 10.4 Å². The summed E-state index contributed by atoms with van der Waals surface area (Å²) in [6, 6.07) is 14.0. The van der Waals surface area contributed by atoms with Crippen LogP contribution in [0.1, 0.15) is 55.6 Å². The third kappa shape index (κ3) is 7.62. The van der Waals surface area contributed by atoms with Crippen molar-refractivity contribution >= 4 is 51.2 Å². The average molecular weight is 787 g/mol. The fourth-order valence-corrected chi connectivity index (χ4v) is 9.11. The van der Waals surface area contributed by atoms with Crippen LogP contribution in [0, 0.1) is 17.2 Å². The van der Waals surface area contributed by atoms with Crippen molar-refractivity contribution in [1.29, 1.82) is 5.26 Å². The summed E-state index contributed by atoms with van der Waals surface area (Å²) in [5.41, 5.74) is 5.49. The van der Waals surface area contributed by atoms with Crippen molar-refractivity contribution in [2.24, 2.45) is 5.92 Å². The molecule has 0 saturated carbocycles. The lowest BCUT2D eigenvalue weighted by Crippen LogP contribution is -2.51. The first-order valence-corrected chi connectivity index (χ1v) is 20.4. The molecule has 0 radical (unpaired) electrons. The fraction of sp³-hybridized carbons (Fsp3) is 0.425. The van der Waals surface area contributed by atoms with Crippen molar-refractivity contribution in [1.82, 2.24) is 40.0 Å². The number of carbonyl (C=O) groups excluding carboxylic acids is 3. The molecule has 4 aliphatic heterocycles. The zero-order valence-corrected chi connectivity index (χ0v) is 32.2. The van der Waals surface area contributed by atoms with Gasteiger partial charge < -0.3 is 24.8 Å². The van der Waals surface area contributed by atoms with E-state index in [1.165, 1.54) is 11.3 Å². The molecule has 0 aliphatic carbocycles. The van der Waals surface area contributed by atoms with Gasteiger partial charge in [-0.05, 0) is 68.0 Å². The maximum atomic E-state index is 13.7. The predicted octanol–water partition coefficient (Wildman–Crippen LogP) is 3.86. The van der Waals surface area contributed by atoms with Crippen LogP contribution in [0.5, 0.6) is 0 Å². The van der Waals surface area contributed by atoms with Crippen molar-refractivity contribution in [2.75, 3.05) is 67.6 Å². The minimum atomic E-state index is -0.355. The number of rotatable bonds is 8. The van der Waals surface area contributed by atoms with Gasteiger partial charge in [-0.25, -0.2) is 9.50 Å². The molecule has 4 fully saturated rings. The van der Waals surface area contributed by atoms with E-state index < -0.39 is 0 Å². The number of piperazine rings is 1. The number of aromatic nitrogens is 6. The molecule has 292 valence electrons. The maximum Gasteiger partial charge on any atom is 0.234 e. The zero-order chi connectivity index (χ0) is 38.9. The summed E-state index contributed by atoms with van der Waals surface area (Å²) >= 11 is 1.53. The highest BCUT2D eigenvalue weighted by atomic mass is 32.1. The molecule has 57 heavy (non-hydrogen) atoms. The molecule has 2 N–H and O–H groups in total.